The number of anilines is 1. The molecule has 0 amide bonds. The van der Waals surface area contributed by atoms with Gasteiger partial charge in [-0.05, 0) is 13.0 Å². The van der Waals surface area contributed by atoms with Crippen LogP contribution in [0.15, 0.2) is 15.6 Å². The summed E-state index contributed by atoms with van der Waals surface area (Å²) in [4.78, 5) is 14.6. The number of aromatic amines is 1. The maximum Gasteiger partial charge on any atom is 0.371 e. The minimum atomic E-state index is -1.08. The second-order valence-electron chi connectivity index (χ2n) is 3.29. The van der Waals surface area contributed by atoms with E-state index in [1.165, 1.54) is 17.8 Å². The van der Waals surface area contributed by atoms with Gasteiger partial charge in [0.15, 0.2) is 0 Å². The maximum absolute atomic E-state index is 10.7. The number of hydrogen-bond acceptors (Lipinski definition) is 6. The lowest BCUT2D eigenvalue weighted by molar-refractivity contribution is 0.0661. The Morgan fingerprint density at radius 3 is 3.00 bits per heavy atom. The Bertz CT molecular complexity index is 548. The van der Waals surface area contributed by atoms with Crippen molar-refractivity contribution in [2.75, 3.05) is 5.73 Å². The lowest BCUT2D eigenvalue weighted by Gasteiger charge is -1.94. The van der Waals surface area contributed by atoms with Crippen molar-refractivity contribution in [1.29, 1.82) is 0 Å². The van der Waals surface area contributed by atoms with Crippen LogP contribution in [0.1, 0.15) is 21.9 Å². The van der Waals surface area contributed by atoms with E-state index in [4.69, 9.17) is 15.3 Å². The molecule has 7 nitrogen and oxygen atoms in total. The average molecular weight is 254 g/mol. The van der Waals surface area contributed by atoms with Gasteiger partial charge >= 0.3 is 5.97 Å². The summed E-state index contributed by atoms with van der Waals surface area (Å²) in [5.74, 6) is 0.222. The molecule has 0 unspecified atom stereocenters. The molecule has 0 saturated heterocycles. The summed E-state index contributed by atoms with van der Waals surface area (Å²) in [5.41, 5.74) is 6.18. The molecule has 8 heteroatoms. The van der Waals surface area contributed by atoms with Gasteiger partial charge in [0.25, 0.3) is 0 Å². The number of nitrogens with two attached hydrogens (primary N) is 1. The van der Waals surface area contributed by atoms with E-state index in [9.17, 15) is 4.79 Å². The van der Waals surface area contributed by atoms with Crippen LogP contribution in [-0.4, -0.2) is 26.3 Å². The molecule has 2 aromatic heterocycles. The van der Waals surface area contributed by atoms with Crippen LogP contribution >= 0.6 is 11.8 Å². The van der Waals surface area contributed by atoms with E-state index < -0.39 is 5.97 Å². The standard InChI is InChI=1S/C9H10N4O3S/c1-4-5(2-6(16-4)7(14)15)3-17-9-11-8(10)12-13-9/h2H,3H2,1H3,(H,14,15)(H3,10,11,12,13). The largest absolute Gasteiger partial charge is 0.475 e. The normalized spacial score (nSPS) is 10.6. The number of aromatic nitrogens is 3. The van der Waals surface area contributed by atoms with E-state index in [0.717, 1.165) is 5.56 Å². The smallest absolute Gasteiger partial charge is 0.371 e. The Morgan fingerprint density at radius 1 is 1.71 bits per heavy atom. The lowest BCUT2D eigenvalue weighted by atomic mass is 10.3. The monoisotopic (exact) mass is 254 g/mol. The van der Waals surface area contributed by atoms with Crippen LogP contribution in [-0.2, 0) is 5.75 Å². The van der Waals surface area contributed by atoms with Gasteiger partial charge in [0.2, 0.25) is 16.9 Å². The van der Waals surface area contributed by atoms with Gasteiger partial charge in [0.1, 0.15) is 5.76 Å². The summed E-state index contributed by atoms with van der Waals surface area (Å²) in [5, 5.41) is 15.7. The summed E-state index contributed by atoms with van der Waals surface area (Å²) >= 11 is 1.35. The number of rotatable bonds is 4. The molecule has 2 aromatic rings. The summed E-state index contributed by atoms with van der Waals surface area (Å²) in [6, 6.07) is 1.50. The van der Waals surface area contributed by atoms with Crippen molar-refractivity contribution in [3.05, 3.63) is 23.2 Å². The minimum Gasteiger partial charge on any atom is -0.475 e. The van der Waals surface area contributed by atoms with Crippen molar-refractivity contribution >= 4 is 23.7 Å². The van der Waals surface area contributed by atoms with Crippen LogP contribution < -0.4 is 5.73 Å². The Kier molecular flexibility index (Phi) is 3.05. The number of nitrogen functional groups attached to an aromatic ring is 1. The molecular formula is C9H10N4O3S. The third-order valence-electron chi connectivity index (χ3n) is 2.07. The number of hydrogen-bond donors (Lipinski definition) is 3. The van der Waals surface area contributed by atoms with Crippen LogP contribution in [0.25, 0.3) is 0 Å². The number of carbonyl (C=O) groups is 1. The fourth-order valence-electron chi connectivity index (χ4n) is 1.23. The highest BCUT2D eigenvalue weighted by molar-refractivity contribution is 7.98. The zero-order valence-corrected chi connectivity index (χ0v) is 9.74. The van der Waals surface area contributed by atoms with Crippen LogP contribution in [0, 0.1) is 6.92 Å². The number of aryl methyl sites for hydroxylation is 1. The molecule has 0 fully saturated rings. The molecule has 2 heterocycles. The number of furan rings is 1. The zero-order chi connectivity index (χ0) is 12.4. The van der Waals surface area contributed by atoms with Crippen molar-refractivity contribution in [2.45, 2.75) is 17.8 Å². The fourth-order valence-corrected chi connectivity index (χ4v) is 2.08. The summed E-state index contributed by atoms with van der Waals surface area (Å²) in [6.45, 7) is 1.72. The predicted molar refractivity (Wildman–Crippen MR) is 60.8 cm³/mol. The molecular weight excluding hydrogens is 244 g/mol. The number of thioether (sulfide) groups is 1. The Labute approximate surface area is 100 Å². The molecule has 0 aliphatic carbocycles. The van der Waals surface area contributed by atoms with Crippen molar-refractivity contribution < 1.29 is 14.3 Å². The molecule has 4 N–H and O–H groups in total. The average Bonchev–Trinajstić information content (AvgIpc) is 2.82. The highest BCUT2D eigenvalue weighted by Crippen LogP contribution is 2.24. The third-order valence-corrected chi connectivity index (χ3v) is 2.97. The van der Waals surface area contributed by atoms with E-state index in [2.05, 4.69) is 15.2 Å². The van der Waals surface area contributed by atoms with Crippen molar-refractivity contribution in [2.24, 2.45) is 0 Å². The molecule has 0 radical (unpaired) electrons. The highest BCUT2D eigenvalue weighted by atomic mass is 32.2. The quantitative estimate of drug-likeness (QED) is 0.703. The van der Waals surface area contributed by atoms with Gasteiger partial charge in [-0.1, -0.05) is 11.8 Å². The maximum atomic E-state index is 10.7. The Morgan fingerprint density at radius 2 is 2.47 bits per heavy atom. The van der Waals surface area contributed by atoms with E-state index in [0.29, 0.717) is 16.7 Å². The van der Waals surface area contributed by atoms with E-state index in [1.54, 1.807) is 6.92 Å². The number of nitrogens with one attached hydrogen (secondary N) is 1. The van der Waals surface area contributed by atoms with Crippen LogP contribution in [0.4, 0.5) is 5.95 Å². The molecule has 0 saturated carbocycles. The second-order valence-corrected chi connectivity index (χ2v) is 4.23. The first kappa shape index (κ1) is 11.5. The molecule has 0 aliphatic rings. The molecule has 0 aromatic carbocycles. The van der Waals surface area contributed by atoms with Crippen molar-refractivity contribution in [1.82, 2.24) is 15.2 Å². The van der Waals surface area contributed by atoms with Crippen LogP contribution in [0.2, 0.25) is 0 Å². The molecule has 2 rings (SSSR count). The van der Waals surface area contributed by atoms with Gasteiger partial charge in [0, 0.05) is 11.3 Å². The number of H-pyrrole nitrogens is 1. The van der Waals surface area contributed by atoms with E-state index in [-0.39, 0.29) is 11.7 Å². The van der Waals surface area contributed by atoms with Crippen molar-refractivity contribution in [3.63, 3.8) is 0 Å². The fraction of sp³-hybridized carbons (Fsp3) is 0.222. The summed E-state index contributed by atoms with van der Waals surface area (Å²) < 4.78 is 5.08. The molecule has 0 bridgehead atoms. The molecule has 17 heavy (non-hydrogen) atoms. The third kappa shape index (κ3) is 2.59. The number of carboxylic acid groups (broad SMARTS) is 1. The number of carboxylic acids is 1. The van der Waals surface area contributed by atoms with Gasteiger partial charge in [-0.15, -0.1) is 5.10 Å². The first-order chi connectivity index (χ1) is 8.06. The Hall–Kier alpha value is -1.96. The first-order valence-corrected chi connectivity index (χ1v) is 5.68. The molecule has 0 atom stereocenters. The predicted octanol–water partition coefficient (Wildman–Crippen LogP) is 1.28. The van der Waals surface area contributed by atoms with Gasteiger partial charge in [-0.2, -0.15) is 4.98 Å². The van der Waals surface area contributed by atoms with Crippen LogP contribution in [0.5, 0.6) is 0 Å². The lowest BCUT2D eigenvalue weighted by Crippen LogP contribution is -1.91. The SMILES string of the molecule is Cc1oc(C(=O)O)cc1CSc1n[nH]c(N)n1. The van der Waals surface area contributed by atoms with Gasteiger partial charge in [0.05, 0.1) is 0 Å². The molecule has 90 valence electrons. The Balaban J connectivity index is 2.06. The highest BCUT2D eigenvalue weighted by Gasteiger charge is 2.13. The van der Waals surface area contributed by atoms with E-state index >= 15 is 0 Å². The second kappa shape index (κ2) is 4.50. The van der Waals surface area contributed by atoms with Gasteiger partial charge in [-0.25, -0.2) is 9.89 Å². The van der Waals surface area contributed by atoms with E-state index in [1.807, 2.05) is 0 Å². The topological polar surface area (TPSA) is 118 Å². The first-order valence-electron chi connectivity index (χ1n) is 4.69. The molecule has 0 aliphatic heterocycles. The number of aromatic carboxylic acids is 1. The molecule has 0 spiro atoms. The number of nitrogens with zero attached hydrogens (tertiary/aromatic N) is 2. The summed E-state index contributed by atoms with van der Waals surface area (Å²) in [6.07, 6.45) is 0. The van der Waals surface area contributed by atoms with Gasteiger partial charge in [-0.3, -0.25) is 0 Å². The summed E-state index contributed by atoms with van der Waals surface area (Å²) in [7, 11) is 0. The van der Waals surface area contributed by atoms with Crippen LogP contribution in [0.3, 0.4) is 0 Å². The van der Waals surface area contributed by atoms with Crippen molar-refractivity contribution in [3.8, 4) is 0 Å². The minimum absolute atomic E-state index is 0.0624. The zero-order valence-electron chi connectivity index (χ0n) is 8.93. The van der Waals surface area contributed by atoms with Gasteiger partial charge < -0.3 is 15.3 Å².